The average Bonchev–Trinajstić information content (AvgIpc) is 2.22. The summed E-state index contributed by atoms with van der Waals surface area (Å²) in [4.78, 5) is 0. The van der Waals surface area contributed by atoms with Crippen LogP contribution in [0.5, 0.6) is 0 Å². The van der Waals surface area contributed by atoms with E-state index in [4.69, 9.17) is 4.74 Å². The van der Waals surface area contributed by atoms with Crippen LogP contribution in [-0.4, -0.2) is 19.2 Å². The van der Waals surface area contributed by atoms with Gasteiger partial charge in [-0.3, -0.25) is 0 Å². The molecular weight excluding hydrogens is 114 g/mol. The maximum atomic E-state index is 5.50. The van der Waals surface area contributed by atoms with Gasteiger partial charge in [-0.1, -0.05) is 0 Å². The monoisotopic (exact) mass is 125 g/mol. The number of ether oxygens (including phenoxy) is 1. The van der Waals surface area contributed by atoms with Gasteiger partial charge < -0.3 is 10.1 Å². The highest BCUT2D eigenvalue weighted by atomic mass is 16.5. The fraction of sp³-hybridized carbons (Fsp3) is 0.714. The molecule has 2 heteroatoms. The summed E-state index contributed by atoms with van der Waals surface area (Å²) in [6.45, 7) is 4.14. The van der Waals surface area contributed by atoms with E-state index in [9.17, 15) is 0 Å². The zero-order valence-corrected chi connectivity index (χ0v) is 5.61. The minimum Gasteiger partial charge on any atom is -0.493 e. The highest BCUT2D eigenvalue weighted by Crippen LogP contribution is 2.26. The summed E-state index contributed by atoms with van der Waals surface area (Å²) in [6.07, 6.45) is 1.58. The third-order valence-electron chi connectivity index (χ3n) is 1.90. The Labute approximate surface area is 54.9 Å². The van der Waals surface area contributed by atoms with Gasteiger partial charge in [0.25, 0.3) is 0 Å². The van der Waals surface area contributed by atoms with Crippen molar-refractivity contribution >= 4 is 0 Å². The largest absolute Gasteiger partial charge is 0.493 e. The number of hydrogen-bond acceptors (Lipinski definition) is 2. The first-order valence-electron chi connectivity index (χ1n) is 3.44. The van der Waals surface area contributed by atoms with Crippen LogP contribution >= 0.6 is 0 Å². The molecule has 0 saturated heterocycles. The van der Waals surface area contributed by atoms with E-state index in [-0.39, 0.29) is 0 Å². The topological polar surface area (TPSA) is 21.3 Å². The molecular formula is C7H11NO. The molecule has 0 aromatic carbocycles. The van der Waals surface area contributed by atoms with Crippen LogP contribution in [-0.2, 0) is 4.74 Å². The van der Waals surface area contributed by atoms with Crippen molar-refractivity contribution in [1.82, 2.24) is 5.32 Å². The van der Waals surface area contributed by atoms with Crippen molar-refractivity contribution in [3.8, 4) is 0 Å². The van der Waals surface area contributed by atoms with Crippen molar-refractivity contribution in [3.05, 3.63) is 11.3 Å². The Hall–Kier alpha value is -0.500. The van der Waals surface area contributed by atoms with Gasteiger partial charge in [-0.2, -0.15) is 0 Å². The maximum absolute atomic E-state index is 5.50. The third kappa shape index (κ3) is 0.741. The van der Waals surface area contributed by atoms with Crippen LogP contribution in [0.25, 0.3) is 0 Å². The molecule has 9 heavy (non-hydrogen) atoms. The van der Waals surface area contributed by atoms with Gasteiger partial charge in [0.15, 0.2) is 0 Å². The molecule has 1 unspecified atom stereocenters. The summed E-state index contributed by atoms with van der Waals surface area (Å²) in [7, 11) is 0. The van der Waals surface area contributed by atoms with Crippen LogP contribution in [0.15, 0.2) is 11.3 Å². The van der Waals surface area contributed by atoms with Crippen molar-refractivity contribution in [2.75, 3.05) is 13.1 Å². The van der Waals surface area contributed by atoms with Crippen molar-refractivity contribution in [2.45, 2.75) is 19.4 Å². The molecule has 2 aliphatic rings. The summed E-state index contributed by atoms with van der Waals surface area (Å²) in [5.41, 5.74) is 1.49. The highest BCUT2D eigenvalue weighted by molar-refractivity contribution is 5.21. The zero-order valence-electron chi connectivity index (χ0n) is 5.61. The van der Waals surface area contributed by atoms with Gasteiger partial charge in [-0.25, -0.2) is 0 Å². The fourth-order valence-electron chi connectivity index (χ4n) is 1.49. The summed E-state index contributed by atoms with van der Waals surface area (Å²) in [5, 5.41) is 3.25. The molecule has 0 aromatic rings. The summed E-state index contributed by atoms with van der Waals surface area (Å²) in [5.74, 6) is 1.21. The normalized spacial score (nSPS) is 32.8. The van der Waals surface area contributed by atoms with Gasteiger partial charge in [-0.05, 0) is 12.5 Å². The number of rotatable bonds is 0. The smallest absolute Gasteiger partial charge is 0.111 e. The van der Waals surface area contributed by atoms with Gasteiger partial charge >= 0.3 is 0 Å². The van der Waals surface area contributed by atoms with E-state index in [0.29, 0.717) is 6.10 Å². The molecule has 2 rings (SSSR count). The molecule has 0 fully saturated rings. The van der Waals surface area contributed by atoms with Crippen LogP contribution in [0.3, 0.4) is 0 Å². The Balaban J connectivity index is 2.15. The van der Waals surface area contributed by atoms with Crippen LogP contribution in [0.4, 0.5) is 0 Å². The van der Waals surface area contributed by atoms with Crippen LogP contribution < -0.4 is 5.32 Å². The minimum atomic E-state index is 0.442. The fourth-order valence-corrected chi connectivity index (χ4v) is 1.49. The lowest BCUT2D eigenvalue weighted by Crippen LogP contribution is -2.14. The van der Waals surface area contributed by atoms with E-state index in [0.717, 1.165) is 19.5 Å². The van der Waals surface area contributed by atoms with E-state index in [1.165, 1.54) is 11.3 Å². The average molecular weight is 125 g/mol. The molecule has 2 nitrogen and oxygen atoms in total. The third-order valence-corrected chi connectivity index (χ3v) is 1.90. The Morgan fingerprint density at radius 3 is 3.22 bits per heavy atom. The Morgan fingerprint density at radius 2 is 2.44 bits per heavy atom. The quantitative estimate of drug-likeness (QED) is 0.513. The Morgan fingerprint density at radius 1 is 1.56 bits per heavy atom. The molecule has 0 radical (unpaired) electrons. The molecule has 50 valence electrons. The number of nitrogens with one attached hydrogen (secondary N) is 1. The predicted molar refractivity (Wildman–Crippen MR) is 35.1 cm³/mol. The lowest BCUT2D eigenvalue weighted by Gasteiger charge is -2.06. The highest BCUT2D eigenvalue weighted by Gasteiger charge is 2.25. The molecule has 0 bridgehead atoms. The van der Waals surface area contributed by atoms with E-state index in [1.54, 1.807) is 0 Å². The minimum absolute atomic E-state index is 0.442. The summed E-state index contributed by atoms with van der Waals surface area (Å²) < 4.78 is 5.50. The van der Waals surface area contributed by atoms with E-state index in [1.807, 2.05) is 0 Å². The van der Waals surface area contributed by atoms with Gasteiger partial charge in [0, 0.05) is 13.0 Å². The van der Waals surface area contributed by atoms with Crippen molar-refractivity contribution in [2.24, 2.45) is 0 Å². The molecule has 0 aliphatic carbocycles. The van der Waals surface area contributed by atoms with Crippen LogP contribution in [0.1, 0.15) is 13.3 Å². The summed E-state index contributed by atoms with van der Waals surface area (Å²) in [6, 6.07) is 0. The Bertz CT molecular complexity index is 146. The molecule has 0 aromatic heterocycles. The van der Waals surface area contributed by atoms with Gasteiger partial charge in [-0.15, -0.1) is 0 Å². The molecule has 0 amide bonds. The lowest BCUT2D eigenvalue weighted by atomic mass is 10.2. The van der Waals surface area contributed by atoms with Crippen LogP contribution in [0, 0.1) is 0 Å². The second kappa shape index (κ2) is 1.74. The van der Waals surface area contributed by atoms with Gasteiger partial charge in [0.2, 0.25) is 0 Å². The molecule has 0 saturated carbocycles. The SMILES string of the molecule is CC1CC2=C(CNC2)O1. The molecule has 1 atom stereocenters. The van der Waals surface area contributed by atoms with E-state index in [2.05, 4.69) is 12.2 Å². The standard InChI is InChI=1S/C7H11NO/c1-5-2-6-3-8-4-7(6)9-5/h5,8H,2-4H2,1H3. The van der Waals surface area contributed by atoms with Crippen molar-refractivity contribution in [1.29, 1.82) is 0 Å². The van der Waals surface area contributed by atoms with Gasteiger partial charge in [0.05, 0.1) is 12.6 Å². The zero-order chi connectivity index (χ0) is 6.27. The van der Waals surface area contributed by atoms with Crippen LogP contribution in [0.2, 0.25) is 0 Å². The molecule has 2 aliphatic heterocycles. The number of hydrogen-bond donors (Lipinski definition) is 1. The molecule has 1 N–H and O–H groups in total. The Kier molecular flexibility index (Phi) is 1.02. The summed E-state index contributed by atoms with van der Waals surface area (Å²) >= 11 is 0. The van der Waals surface area contributed by atoms with E-state index >= 15 is 0 Å². The second-order valence-electron chi connectivity index (χ2n) is 2.76. The first-order chi connectivity index (χ1) is 4.36. The second-order valence-corrected chi connectivity index (χ2v) is 2.76. The van der Waals surface area contributed by atoms with Crippen molar-refractivity contribution < 1.29 is 4.74 Å². The first kappa shape index (κ1) is 5.30. The van der Waals surface area contributed by atoms with E-state index < -0.39 is 0 Å². The lowest BCUT2D eigenvalue weighted by molar-refractivity contribution is 0.155. The first-order valence-corrected chi connectivity index (χ1v) is 3.44. The molecule has 2 heterocycles. The predicted octanol–water partition coefficient (Wildman–Crippen LogP) is 0.652. The molecule has 0 spiro atoms. The van der Waals surface area contributed by atoms with Crippen molar-refractivity contribution in [3.63, 3.8) is 0 Å². The van der Waals surface area contributed by atoms with Gasteiger partial charge in [0.1, 0.15) is 5.76 Å². The maximum Gasteiger partial charge on any atom is 0.111 e.